The fourth-order valence-corrected chi connectivity index (χ4v) is 2.23. The van der Waals surface area contributed by atoms with E-state index in [2.05, 4.69) is 5.32 Å². The molecule has 1 saturated carbocycles. The van der Waals surface area contributed by atoms with Crippen LogP contribution in [0.2, 0.25) is 0 Å². The molecule has 2 rings (SSSR count). The number of aliphatic hydroxyl groups excluding tert-OH is 1. The Morgan fingerprint density at radius 3 is 2.79 bits per heavy atom. The molecule has 5 heteroatoms. The van der Waals surface area contributed by atoms with Gasteiger partial charge in [0.05, 0.1) is 6.10 Å². The number of nitrogens with one attached hydrogen (secondary N) is 1. The van der Waals surface area contributed by atoms with Crippen molar-refractivity contribution in [2.45, 2.75) is 44.1 Å². The number of ether oxygens (including phenoxy) is 1. The van der Waals surface area contributed by atoms with Crippen molar-refractivity contribution in [3.63, 3.8) is 0 Å². The number of hydrogen-bond donors (Lipinski definition) is 3. The summed E-state index contributed by atoms with van der Waals surface area (Å²) in [5, 5.41) is 12.4. The lowest BCUT2D eigenvalue weighted by Gasteiger charge is -2.30. The van der Waals surface area contributed by atoms with Gasteiger partial charge in [0.2, 0.25) is 0 Å². The van der Waals surface area contributed by atoms with E-state index >= 15 is 0 Å². The Kier molecular flexibility index (Phi) is 4.76. The van der Waals surface area contributed by atoms with Gasteiger partial charge in [0.1, 0.15) is 6.61 Å². The van der Waals surface area contributed by atoms with Crippen LogP contribution in [0.25, 0.3) is 0 Å². The molecule has 0 unspecified atom stereocenters. The largest absolute Gasteiger partial charge is 0.445 e. The van der Waals surface area contributed by atoms with Gasteiger partial charge in [0, 0.05) is 12.1 Å². The highest BCUT2D eigenvalue weighted by Crippen LogP contribution is 2.17. The Morgan fingerprint density at radius 1 is 1.37 bits per heavy atom. The number of alkyl carbamates (subject to hydrolysis) is 1. The predicted octanol–water partition coefficient (Wildman–Crippen LogP) is 1.15. The molecule has 1 amide bonds. The Hall–Kier alpha value is -1.59. The van der Waals surface area contributed by atoms with Crippen LogP contribution in [0.15, 0.2) is 30.3 Å². The maximum Gasteiger partial charge on any atom is 0.407 e. The number of nitrogens with two attached hydrogens (primary N) is 1. The van der Waals surface area contributed by atoms with Crippen molar-refractivity contribution in [2.75, 3.05) is 0 Å². The number of amides is 1. The lowest BCUT2D eigenvalue weighted by molar-refractivity contribution is 0.0843. The quantitative estimate of drug-likeness (QED) is 0.764. The Bertz CT molecular complexity index is 410. The molecule has 5 nitrogen and oxygen atoms in total. The molecule has 1 fully saturated rings. The van der Waals surface area contributed by atoms with Crippen LogP contribution in [-0.4, -0.2) is 29.4 Å². The van der Waals surface area contributed by atoms with Crippen LogP contribution < -0.4 is 11.1 Å². The molecule has 0 aliphatic heterocycles. The minimum absolute atomic E-state index is 0.0573. The van der Waals surface area contributed by atoms with Gasteiger partial charge in [-0.25, -0.2) is 4.79 Å². The third-order valence-electron chi connectivity index (χ3n) is 3.40. The third-order valence-corrected chi connectivity index (χ3v) is 3.40. The van der Waals surface area contributed by atoms with Gasteiger partial charge in [-0.05, 0) is 24.8 Å². The van der Waals surface area contributed by atoms with E-state index in [0.29, 0.717) is 12.8 Å². The minimum Gasteiger partial charge on any atom is -0.445 e. The summed E-state index contributed by atoms with van der Waals surface area (Å²) in [4.78, 5) is 11.6. The van der Waals surface area contributed by atoms with Gasteiger partial charge in [-0.1, -0.05) is 30.3 Å². The summed E-state index contributed by atoms with van der Waals surface area (Å²) in [6, 6.07) is 9.27. The first-order valence-corrected chi connectivity index (χ1v) is 6.56. The summed E-state index contributed by atoms with van der Waals surface area (Å²) < 4.78 is 5.13. The van der Waals surface area contributed by atoms with Gasteiger partial charge >= 0.3 is 6.09 Å². The van der Waals surface area contributed by atoms with Crippen molar-refractivity contribution in [2.24, 2.45) is 5.73 Å². The van der Waals surface area contributed by atoms with Crippen molar-refractivity contribution in [1.82, 2.24) is 5.32 Å². The number of hydrogen-bond acceptors (Lipinski definition) is 4. The first-order valence-electron chi connectivity index (χ1n) is 6.56. The Balaban J connectivity index is 1.73. The molecule has 3 atom stereocenters. The molecule has 104 valence electrons. The van der Waals surface area contributed by atoms with Crippen LogP contribution in [0.4, 0.5) is 4.79 Å². The average molecular weight is 264 g/mol. The molecule has 1 aliphatic rings. The smallest absolute Gasteiger partial charge is 0.407 e. The summed E-state index contributed by atoms with van der Waals surface area (Å²) in [5.74, 6) is 0. The van der Waals surface area contributed by atoms with Gasteiger partial charge in [-0.15, -0.1) is 0 Å². The summed E-state index contributed by atoms with van der Waals surface area (Å²) in [6.45, 7) is 0.251. The van der Waals surface area contributed by atoms with Crippen LogP contribution in [0.5, 0.6) is 0 Å². The minimum atomic E-state index is -0.548. The van der Waals surface area contributed by atoms with Gasteiger partial charge in [0.25, 0.3) is 0 Å². The molecule has 1 aliphatic carbocycles. The lowest BCUT2D eigenvalue weighted by Crippen LogP contribution is -2.48. The molecule has 0 aromatic heterocycles. The maximum atomic E-state index is 11.6. The van der Waals surface area contributed by atoms with E-state index in [0.717, 1.165) is 12.0 Å². The zero-order valence-corrected chi connectivity index (χ0v) is 10.8. The summed E-state index contributed by atoms with van der Waals surface area (Å²) in [7, 11) is 0. The molecular formula is C14H20N2O3. The molecular weight excluding hydrogens is 244 g/mol. The zero-order chi connectivity index (χ0) is 13.7. The fraction of sp³-hybridized carbons (Fsp3) is 0.500. The Morgan fingerprint density at radius 2 is 2.11 bits per heavy atom. The molecule has 1 aromatic rings. The highest BCUT2D eigenvalue weighted by Gasteiger charge is 2.27. The highest BCUT2D eigenvalue weighted by molar-refractivity contribution is 5.67. The van der Waals surface area contributed by atoms with E-state index in [4.69, 9.17) is 10.5 Å². The van der Waals surface area contributed by atoms with Crippen molar-refractivity contribution in [1.29, 1.82) is 0 Å². The van der Waals surface area contributed by atoms with E-state index in [1.54, 1.807) is 0 Å². The third kappa shape index (κ3) is 4.22. The molecule has 0 heterocycles. The second kappa shape index (κ2) is 6.54. The summed E-state index contributed by atoms with van der Waals surface area (Å²) >= 11 is 0. The van der Waals surface area contributed by atoms with Gasteiger partial charge in [0.15, 0.2) is 0 Å². The average Bonchev–Trinajstić information content (AvgIpc) is 2.42. The normalized spacial score (nSPS) is 26.7. The predicted molar refractivity (Wildman–Crippen MR) is 71.4 cm³/mol. The standard InChI is InChI=1S/C14H20N2O3/c15-12-7-6-11(8-13(12)17)16-14(18)19-9-10-4-2-1-3-5-10/h1-5,11-13,17H,6-9,15H2,(H,16,18)/t11-,12-,13+/m1/s1. The van der Waals surface area contributed by atoms with E-state index in [-0.39, 0.29) is 18.7 Å². The van der Waals surface area contributed by atoms with Crippen LogP contribution >= 0.6 is 0 Å². The topological polar surface area (TPSA) is 84.6 Å². The SMILES string of the molecule is N[C@@H]1CC[C@@H](NC(=O)OCc2ccccc2)C[C@@H]1O. The maximum absolute atomic E-state index is 11.6. The first-order chi connectivity index (χ1) is 9.15. The van der Waals surface area contributed by atoms with E-state index < -0.39 is 12.2 Å². The summed E-state index contributed by atoms with van der Waals surface area (Å²) in [6.07, 6.45) is 0.982. The first kappa shape index (κ1) is 13.8. The Labute approximate surface area is 112 Å². The van der Waals surface area contributed by atoms with E-state index in [1.807, 2.05) is 30.3 Å². The molecule has 1 aromatic carbocycles. The molecule has 4 N–H and O–H groups in total. The lowest BCUT2D eigenvalue weighted by atomic mass is 9.89. The van der Waals surface area contributed by atoms with Crippen LogP contribution in [0.3, 0.4) is 0 Å². The zero-order valence-electron chi connectivity index (χ0n) is 10.8. The molecule has 0 spiro atoms. The highest BCUT2D eigenvalue weighted by atomic mass is 16.5. The number of carbonyl (C=O) groups excluding carboxylic acids is 1. The monoisotopic (exact) mass is 264 g/mol. The van der Waals surface area contributed by atoms with Crippen molar-refractivity contribution in [3.05, 3.63) is 35.9 Å². The van der Waals surface area contributed by atoms with Crippen LogP contribution in [0, 0.1) is 0 Å². The van der Waals surface area contributed by atoms with E-state index in [9.17, 15) is 9.90 Å². The molecule has 0 bridgehead atoms. The molecule has 0 saturated heterocycles. The van der Waals surface area contributed by atoms with Gasteiger partial charge in [-0.2, -0.15) is 0 Å². The van der Waals surface area contributed by atoms with Crippen LogP contribution in [0.1, 0.15) is 24.8 Å². The molecule has 19 heavy (non-hydrogen) atoms. The summed E-state index contributed by atoms with van der Waals surface area (Å²) in [5.41, 5.74) is 6.66. The van der Waals surface area contributed by atoms with E-state index in [1.165, 1.54) is 0 Å². The number of rotatable bonds is 3. The van der Waals surface area contributed by atoms with Crippen molar-refractivity contribution < 1.29 is 14.6 Å². The van der Waals surface area contributed by atoms with Crippen LogP contribution in [-0.2, 0) is 11.3 Å². The molecule has 0 radical (unpaired) electrons. The van der Waals surface area contributed by atoms with Crippen molar-refractivity contribution in [3.8, 4) is 0 Å². The fourth-order valence-electron chi connectivity index (χ4n) is 2.23. The van der Waals surface area contributed by atoms with Gasteiger partial charge < -0.3 is 20.9 Å². The number of benzene rings is 1. The number of aliphatic hydroxyl groups is 1. The number of carbonyl (C=O) groups is 1. The van der Waals surface area contributed by atoms with Crippen molar-refractivity contribution >= 4 is 6.09 Å². The second-order valence-corrected chi connectivity index (χ2v) is 4.95. The second-order valence-electron chi connectivity index (χ2n) is 4.95. The van der Waals surface area contributed by atoms with Gasteiger partial charge in [-0.3, -0.25) is 0 Å².